The Balaban J connectivity index is 1.76. The van der Waals surface area contributed by atoms with Crippen LogP contribution < -0.4 is 5.32 Å². The molecular weight excluding hydrogens is 282 g/mol. The molecule has 2 rings (SSSR count). The number of aryl methyl sites for hydroxylation is 1. The Morgan fingerprint density at radius 2 is 2.14 bits per heavy atom. The lowest BCUT2D eigenvalue weighted by atomic mass is 10.2. The maximum Gasteiger partial charge on any atom is 0.228 e. The van der Waals surface area contributed by atoms with Crippen LogP contribution in [0.5, 0.6) is 0 Å². The molecule has 0 bridgehead atoms. The number of nitrogens with one attached hydrogen (secondary N) is 1. The van der Waals surface area contributed by atoms with Crippen molar-refractivity contribution in [3.63, 3.8) is 0 Å². The summed E-state index contributed by atoms with van der Waals surface area (Å²) >= 11 is 1.86. The minimum absolute atomic E-state index is 0.634. The zero-order valence-electron chi connectivity index (χ0n) is 12.9. The maximum absolute atomic E-state index is 5.28. The van der Waals surface area contributed by atoms with Crippen molar-refractivity contribution in [2.24, 2.45) is 0 Å². The molecule has 0 saturated heterocycles. The van der Waals surface area contributed by atoms with Gasteiger partial charge in [-0.2, -0.15) is 16.7 Å². The summed E-state index contributed by atoms with van der Waals surface area (Å²) in [5.41, 5.74) is 2.40. The lowest BCUT2D eigenvalue weighted by molar-refractivity contribution is 0.376. The topological polar surface area (TPSA) is 51.0 Å². The molecule has 1 heterocycles. The smallest absolute Gasteiger partial charge is 0.228 e. The van der Waals surface area contributed by atoms with Gasteiger partial charge in [-0.15, -0.1) is 0 Å². The van der Waals surface area contributed by atoms with Gasteiger partial charge in [-0.1, -0.05) is 37.2 Å². The third-order valence-electron chi connectivity index (χ3n) is 3.38. The van der Waals surface area contributed by atoms with Gasteiger partial charge < -0.3 is 9.84 Å². The fourth-order valence-corrected chi connectivity index (χ4v) is 2.65. The molecule has 0 aliphatic carbocycles. The van der Waals surface area contributed by atoms with E-state index < -0.39 is 0 Å². The molecular formula is C16H23N3OS. The average molecular weight is 305 g/mol. The van der Waals surface area contributed by atoms with Crippen LogP contribution in [-0.2, 0) is 12.2 Å². The number of para-hydroxylation sites is 1. The van der Waals surface area contributed by atoms with Crippen molar-refractivity contribution in [2.45, 2.75) is 44.6 Å². The van der Waals surface area contributed by atoms with Crippen molar-refractivity contribution >= 4 is 17.4 Å². The van der Waals surface area contributed by atoms with Crippen LogP contribution in [0.2, 0.25) is 0 Å². The van der Waals surface area contributed by atoms with Crippen molar-refractivity contribution in [2.75, 3.05) is 11.9 Å². The number of rotatable bonds is 8. The highest BCUT2D eigenvalue weighted by Crippen LogP contribution is 2.18. The predicted octanol–water partition coefficient (Wildman–Crippen LogP) is 4.06. The standard InChI is InChI=1S/C16H23N3OS/c1-4-13(3)21-11-15-18-16(20-19-15)9-10-17-14-8-6-5-7-12(14)2/h5-8,13,17H,4,9-11H2,1-3H3. The van der Waals surface area contributed by atoms with E-state index in [4.69, 9.17) is 4.52 Å². The molecule has 1 unspecified atom stereocenters. The first kappa shape index (κ1) is 15.9. The third kappa shape index (κ3) is 5.08. The molecule has 1 atom stereocenters. The summed E-state index contributed by atoms with van der Waals surface area (Å²) in [5.74, 6) is 2.33. The number of nitrogens with zero attached hydrogens (tertiary/aromatic N) is 2. The highest BCUT2D eigenvalue weighted by Gasteiger charge is 2.08. The minimum atomic E-state index is 0.634. The molecule has 0 saturated carbocycles. The van der Waals surface area contributed by atoms with E-state index in [2.05, 4.69) is 48.4 Å². The van der Waals surface area contributed by atoms with E-state index in [1.807, 2.05) is 23.9 Å². The fourth-order valence-electron chi connectivity index (χ4n) is 1.86. The van der Waals surface area contributed by atoms with E-state index in [0.717, 1.165) is 36.7 Å². The molecule has 0 spiro atoms. The highest BCUT2D eigenvalue weighted by molar-refractivity contribution is 7.99. The van der Waals surface area contributed by atoms with E-state index in [9.17, 15) is 0 Å². The van der Waals surface area contributed by atoms with E-state index >= 15 is 0 Å². The van der Waals surface area contributed by atoms with Crippen LogP contribution in [0, 0.1) is 6.92 Å². The van der Waals surface area contributed by atoms with Crippen LogP contribution in [0.3, 0.4) is 0 Å². The number of hydrogen-bond acceptors (Lipinski definition) is 5. The molecule has 0 aliphatic heterocycles. The summed E-state index contributed by atoms with van der Waals surface area (Å²) in [6.45, 7) is 7.30. The Hall–Kier alpha value is -1.49. The minimum Gasteiger partial charge on any atom is -0.384 e. The lowest BCUT2D eigenvalue weighted by Crippen LogP contribution is -2.06. The molecule has 4 nitrogen and oxygen atoms in total. The van der Waals surface area contributed by atoms with Gasteiger partial charge in [0.05, 0.1) is 5.75 Å². The first-order valence-corrected chi connectivity index (χ1v) is 8.46. The second kappa shape index (κ2) is 8.08. The number of thioether (sulfide) groups is 1. The quantitative estimate of drug-likeness (QED) is 0.797. The van der Waals surface area contributed by atoms with Crippen molar-refractivity contribution in [1.29, 1.82) is 0 Å². The molecule has 5 heteroatoms. The van der Waals surface area contributed by atoms with Crippen LogP contribution in [0.25, 0.3) is 0 Å². The number of anilines is 1. The van der Waals surface area contributed by atoms with Crippen LogP contribution in [-0.4, -0.2) is 21.9 Å². The van der Waals surface area contributed by atoms with Crippen LogP contribution >= 0.6 is 11.8 Å². The van der Waals surface area contributed by atoms with Crippen LogP contribution in [0.15, 0.2) is 28.8 Å². The monoisotopic (exact) mass is 305 g/mol. The average Bonchev–Trinajstić information content (AvgIpc) is 2.94. The SMILES string of the molecule is CCC(C)SCc1noc(CCNc2ccccc2C)n1. The molecule has 1 aromatic heterocycles. The molecule has 0 aliphatic rings. The molecule has 0 amide bonds. The summed E-state index contributed by atoms with van der Waals surface area (Å²) in [7, 11) is 0. The third-order valence-corrected chi connectivity index (χ3v) is 4.71. The van der Waals surface area contributed by atoms with Gasteiger partial charge in [0.2, 0.25) is 5.89 Å². The fraction of sp³-hybridized carbons (Fsp3) is 0.500. The Morgan fingerprint density at radius 1 is 1.33 bits per heavy atom. The summed E-state index contributed by atoms with van der Waals surface area (Å²) in [5, 5.41) is 8.06. The Morgan fingerprint density at radius 3 is 2.90 bits per heavy atom. The molecule has 0 fully saturated rings. The zero-order valence-corrected chi connectivity index (χ0v) is 13.7. The van der Waals surface area contributed by atoms with Gasteiger partial charge in [0.15, 0.2) is 5.82 Å². The van der Waals surface area contributed by atoms with E-state index in [1.54, 1.807) is 0 Å². The van der Waals surface area contributed by atoms with Gasteiger partial charge in [-0.05, 0) is 25.0 Å². The Labute approximate surface area is 130 Å². The number of aromatic nitrogens is 2. The van der Waals surface area contributed by atoms with Gasteiger partial charge in [-0.3, -0.25) is 0 Å². The molecule has 2 aromatic rings. The van der Waals surface area contributed by atoms with Gasteiger partial charge in [0, 0.05) is 23.9 Å². The lowest BCUT2D eigenvalue weighted by Gasteiger charge is -2.07. The molecule has 114 valence electrons. The second-order valence-electron chi connectivity index (χ2n) is 5.13. The van der Waals surface area contributed by atoms with E-state index in [0.29, 0.717) is 11.1 Å². The molecule has 21 heavy (non-hydrogen) atoms. The van der Waals surface area contributed by atoms with Crippen LogP contribution in [0.4, 0.5) is 5.69 Å². The van der Waals surface area contributed by atoms with Gasteiger partial charge in [-0.25, -0.2) is 0 Å². The van der Waals surface area contributed by atoms with Crippen molar-refractivity contribution < 1.29 is 4.52 Å². The molecule has 1 N–H and O–H groups in total. The van der Waals surface area contributed by atoms with Crippen molar-refractivity contribution in [3.8, 4) is 0 Å². The summed E-state index contributed by atoms with van der Waals surface area (Å²) in [6.07, 6.45) is 1.91. The Bertz CT molecular complexity index is 556. The van der Waals surface area contributed by atoms with Gasteiger partial charge >= 0.3 is 0 Å². The molecule has 1 aromatic carbocycles. The predicted molar refractivity (Wildman–Crippen MR) is 88.7 cm³/mol. The normalized spacial score (nSPS) is 12.3. The first-order chi connectivity index (χ1) is 10.2. The summed E-state index contributed by atoms with van der Waals surface area (Å²) in [6, 6.07) is 8.25. The van der Waals surface area contributed by atoms with E-state index in [1.165, 1.54) is 5.56 Å². The van der Waals surface area contributed by atoms with Crippen LogP contribution in [0.1, 0.15) is 37.5 Å². The first-order valence-electron chi connectivity index (χ1n) is 7.41. The van der Waals surface area contributed by atoms with Gasteiger partial charge in [0.25, 0.3) is 0 Å². The largest absolute Gasteiger partial charge is 0.384 e. The van der Waals surface area contributed by atoms with Crippen molar-refractivity contribution in [1.82, 2.24) is 10.1 Å². The summed E-state index contributed by atoms with van der Waals surface area (Å²) < 4.78 is 5.28. The number of benzene rings is 1. The second-order valence-corrected chi connectivity index (χ2v) is 6.55. The Kier molecular flexibility index (Phi) is 6.11. The van der Waals surface area contributed by atoms with Gasteiger partial charge in [0.1, 0.15) is 0 Å². The summed E-state index contributed by atoms with van der Waals surface area (Å²) in [4.78, 5) is 4.43. The zero-order chi connectivity index (χ0) is 15.1. The molecule has 0 radical (unpaired) electrons. The van der Waals surface area contributed by atoms with E-state index in [-0.39, 0.29) is 0 Å². The van der Waals surface area contributed by atoms with Crippen molar-refractivity contribution in [3.05, 3.63) is 41.5 Å². The maximum atomic E-state index is 5.28. The highest BCUT2D eigenvalue weighted by atomic mass is 32.2. The number of hydrogen-bond donors (Lipinski definition) is 1.